The van der Waals surface area contributed by atoms with E-state index in [1.807, 2.05) is 4.90 Å². The first-order valence-electron chi connectivity index (χ1n) is 9.84. The molecule has 0 bridgehead atoms. The standard InChI is InChI=1S/C20H22F2N4O3/c21-14-8-12(9-15(22)10-14)11-23-17(27)5-6-18-24-19(25-29-18)16-2-1-7-26(16)20(28)13-3-4-13/h8-10,13,16H,1-7,11H2,(H,23,27). The molecule has 1 aromatic carbocycles. The van der Waals surface area contributed by atoms with Gasteiger partial charge in [0.05, 0.1) is 6.04 Å². The highest BCUT2D eigenvalue weighted by molar-refractivity contribution is 5.81. The van der Waals surface area contributed by atoms with Gasteiger partial charge in [0.25, 0.3) is 0 Å². The third-order valence-electron chi connectivity index (χ3n) is 5.22. The van der Waals surface area contributed by atoms with E-state index in [4.69, 9.17) is 4.52 Å². The zero-order valence-electron chi connectivity index (χ0n) is 15.9. The van der Waals surface area contributed by atoms with Gasteiger partial charge in [0, 0.05) is 37.9 Å². The number of hydrogen-bond acceptors (Lipinski definition) is 5. The third kappa shape index (κ3) is 4.78. The third-order valence-corrected chi connectivity index (χ3v) is 5.22. The van der Waals surface area contributed by atoms with E-state index >= 15 is 0 Å². The summed E-state index contributed by atoms with van der Waals surface area (Å²) in [5.74, 6) is -0.521. The molecular weight excluding hydrogens is 382 g/mol. The van der Waals surface area contributed by atoms with Crippen LogP contribution in [0.25, 0.3) is 0 Å². The van der Waals surface area contributed by atoms with Crippen LogP contribution in [0.1, 0.15) is 55.4 Å². The highest BCUT2D eigenvalue weighted by atomic mass is 19.1. The summed E-state index contributed by atoms with van der Waals surface area (Å²) in [6.07, 6.45) is 3.99. The van der Waals surface area contributed by atoms with Crippen LogP contribution in [0.15, 0.2) is 22.7 Å². The largest absolute Gasteiger partial charge is 0.352 e. The first kappa shape index (κ1) is 19.5. The molecule has 9 heteroatoms. The van der Waals surface area contributed by atoms with Gasteiger partial charge in [0.15, 0.2) is 5.82 Å². The van der Waals surface area contributed by atoms with Crippen molar-refractivity contribution in [2.45, 2.75) is 51.1 Å². The van der Waals surface area contributed by atoms with Gasteiger partial charge < -0.3 is 14.7 Å². The molecule has 29 heavy (non-hydrogen) atoms. The fourth-order valence-electron chi connectivity index (χ4n) is 3.59. The number of carbonyl (C=O) groups excluding carboxylic acids is 2. The molecule has 4 rings (SSSR count). The van der Waals surface area contributed by atoms with E-state index in [-0.39, 0.29) is 43.2 Å². The van der Waals surface area contributed by atoms with Gasteiger partial charge in [0.2, 0.25) is 17.7 Å². The van der Waals surface area contributed by atoms with Gasteiger partial charge in [-0.25, -0.2) is 8.78 Å². The van der Waals surface area contributed by atoms with Crippen molar-refractivity contribution >= 4 is 11.8 Å². The average Bonchev–Trinajstić information content (AvgIpc) is 3.23. The van der Waals surface area contributed by atoms with E-state index in [1.54, 1.807) is 0 Å². The number of rotatable bonds is 7. The second-order valence-corrected chi connectivity index (χ2v) is 7.56. The van der Waals surface area contributed by atoms with Crippen molar-refractivity contribution in [2.24, 2.45) is 5.92 Å². The number of amides is 2. The number of nitrogens with one attached hydrogen (secondary N) is 1. The minimum atomic E-state index is -0.686. The van der Waals surface area contributed by atoms with Crippen molar-refractivity contribution in [1.29, 1.82) is 0 Å². The fraction of sp³-hybridized carbons (Fsp3) is 0.500. The first-order valence-corrected chi connectivity index (χ1v) is 9.84. The Labute approximate surface area is 166 Å². The van der Waals surface area contributed by atoms with E-state index in [0.29, 0.717) is 23.8 Å². The Morgan fingerprint density at radius 2 is 1.93 bits per heavy atom. The van der Waals surface area contributed by atoms with Crippen molar-refractivity contribution in [1.82, 2.24) is 20.4 Å². The number of nitrogens with zero attached hydrogens (tertiary/aromatic N) is 3. The van der Waals surface area contributed by atoms with E-state index in [1.165, 1.54) is 12.1 Å². The quantitative estimate of drug-likeness (QED) is 0.767. The Hall–Kier alpha value is -2.84. The summed E-state index contributed by atoms with van der Waals surface area (Å²) >= 11 is 0. The maximum absolute atomic E-state index is 13.2. The Morgan fingerprint density at radius 1 is 1.17 bits per heavy atom. The van der Waals surface area contributed by atoms with Crippen LogP contribution in [-0.4, -0.2) is 33.4 Å². The van der Waals surface area contributed by atoms with Gasteiger partial charge in [-0.05, 0) is 43.4 Å². The normalized spacial score (nSPS) is 18.8. The molecule has 2 fully saturated rings. The number of likely N-dealkylation sites (tertiary alicyclic amines) is 1. The molecule has 1 aromatic heterocycles. The van der Waals surface area contributed by atoms with Gasteiger partial charge in [-0.3, -0.25) is 9.59 Å². The first-order chi connectivity index (χ1) is 14.0. The maximum Gasteiger partial charge on any atom is 0.227 e. The monoisotopic (exact) mass is 404 g/mol. The van der Waals surface area contributed by atoms with Crippen molar-refractivity contribution in [3.8, 4) is 0 Å². The van der Waals surface area contributed by atoms with Crippen LogP contribution in [0.5, 0.6) is 0 Å². The summed E-state index contributed by atoms with van der Waals surface area (Å²) in [7, 11) is 0. The minimum absolute atomic E-state index is 0.0307. The summed E-state index contributed by atoms with van der Waals surface area (Å²) in [4.78, 5) is 30.6. The molecule has 1 saturated carbocycles. The number of halogens is 2. The molecular formula is C20H22F2N4O3. The molecule has 1 aliphatic carbocycles. The van der Waals surface area contributed by atoms with Crippen LogP contribution >= 0.6 is 0 Å². The molecule has 2 aromatic rings. The van der Waals surface area contributed by atoms with E-state index in [9.17, 15) is 18.4 Å². The predicted molar refractivity (Wildman–Crippen MR) is 97.2 cm³/mol. The Balaban J connectivity index is 1.27. The summed E-state index contributed by atoms with van der Waals surface area (Å²) in [5.41, 5.74) is 0.345. The van der Waals surface area contributed by atoms with E-state index in [0.717, 1.165) is 31.7 Å². The molecule has 1 aliphatic heterocycles. The lowest BCUT2D eigenvalue weighted by Crippen LogP contribution is -2.32. The number of hydrogen-bond donors (Lipinski definition) is 1. The summed E-state index contributed by atoms with van der Waals surface area (Å²) in [6, 6.07) is 2.97. The van der Waals surface area contributed by atoms with Gasteiger partial charge in [0.1, 0.15) is 11.6 Å². The Kier molecular flexibility index (Phi) is 5.55. The lowest BCUT2D eigenvalue weighted by Gasteiger charge is -2.21. The highest BCUT2D eigenvalue weighted by Crippen LogP contribution is 2.37. The molecule has 1 N–H and O–H groups in total. The average molecular weight is 404 g/mol. The molecule has 2 amide bonds. The second kappa shape index (κ2) is 8.26. The van der Waals surface area contributed by atoms with Crippen molar-refractivity contribution in [2.75, 3.05) is 6.54 Å². The minimum Gasteiger partial charge on any atom is -0.352 e. The number of benzene rings is 1. The topological polar surface area (TPSA) is 88.3 Å². The zero-order chi connectivity index (χ0) is 20.4. The molecule has 7 nitrogen and oxygen atoms in total. The molecule has 2 heterocycles. The van der Waals surface area contributed by atoms with Gasteiger partial charge in [-0.1, -0.05) is 5.16 Å². The summed E-state index contributed by atoms with van der Waals surface area (Å²) in [5, 5.41) is 6.62. The fourth-order valence-corrected chi connectivity index (χ4v) is 3.59. The van der Waals surface area contributed by atoms with Gasteiger partial charge >= 0.3 is 0 Å². The molecule has 0 radical (unpaired) electrons. The molecule has 154 valence electrons. The predicted octanol–water partition coefficient (Wildman–Crippen LogP) is 2.67. The Morgan fingerprint density at radius 3 is 2.66 bits per heavy atom. The van der Waals surface area contributed by atoms with Gasteiger partial charge in [-0.2, -0.15) is 4.98 Å². The number of aromatic nitrogens is 2. The van der Waals surface area contributed by atoms with Crippen LogP contribution in [0.3, 0.4) is 0 Å². The number of aryl methyl sites for hydroxylation is 1. The number of carbonyl (C=O) groups is 2. The molecule has 1 unspecified atom stereocenters. The zero-order valence-corrected chi connectivity index (χ0v) is 15.9. The SMILES string of the molecule is O=C(CCc1nc(C2CCCN2C(=O)C2CC2)no1)NCc1cc(F)cc(F)c1. The lowest BCUT2D eigenvalue weighted by atomic mass is 10.2. The van der Waals surface area contributed by atoms with Gasteiger partial charge in [-0.15, -0.1) is 0 Å². The molecule has 2 aliphatic rings. The van der Waals surface area contributed by atoms with Crippen LogP contribution < -0.4 is 5.32 Å². The van der Waals surface area contributed by atoms with Crippen molar-refractivity contribution in [3.63, 3.8) is 0 Å². The van der Waals surface area contributed by atoms with Crippen LogP contribution in [-0.2, 0) is 22.6 Å². The van der Waals surface area contributed by atoms with Crippen molar-refractivity contribution < 1.29 is 22.9 Å². The van der Waals surface area contributed by atoms with E-state index in [2.05, 4.69) is 15.5 Å². The van der Waals surface area contributed by atoms with Crippen LogP contribution in [0, 0.1) is 17.6 Å². The summed E-state index contributed by atoms with van der Waals surface area (Å²) < 4.78 is 31.6. The molecule has 1 saturated heterocycles. The highest BCUT2D eigenvalue weighted by Gasteiger charge is 2.40. The molecule has 0 spiro atoms. The maximum atomic E-state index is 13.2. The van der Waals surface area contributed by atoms with E-state index < -0.39 is 11.6 Å². The van der Waals surface area contributed by atoms with Crippen molar-refractivity contribution in [3.05, 3.63) is 47.1 Å². The smallest absolute Gasteiger partial charge is 0.227 e. The molecule has 1 atom stereocenters. The lowest BCUT2D eigenvalue weighted by molar-refractivity contribution is -0.133. The van der Waals surface area contributed by atoms with Crippen LogP contribution in [0.2, 0.25) is 0 Å². The second-order valence-electron chi connectivity index (χ2n) is 7.56. The van der Waals surface area contributed by atoms with Crippen LogP contribution in [0.4, 0.5) is 8.78 Å². The Bertz CT molecular complexity index is 893. The summed E-state index contributed by atoms with van der Waals surface area (Å²) in [6.45, 7) is 0.746.